The molecular formula is C21H24N4O3S. The second-order valence-electron chi connectivity index (χ2n) is 6.33. The van der Waals surface area contributed by atoms with Gasteiger partial charge in [-0.3, -0.25) is 4.79 Å². The Morgan fingerprint density at radius 3 is 2.69 bits per heavy atom. The van der Waals surface area contributed by atoms with Crippen LogP contribution in [0.15, 0.2) is 53.3 Å². The quantitative estimate of drug-likeness (QED) is 0.550. The highest BCUT2D eigenvalue weighted by molar-refractivity contribution is 7.80. The molecule has 0 atom stereocenters. The van der Waals surface area contributed by atoms with E-state index in [0.29, 0.717) is 48.1 Å². The standard InChI is InChI=1S/C21H24N4O3S/c1-3-28-16-10-8-15(9-11-16)22-21(29)25(12-13-27-2)14-19-23-18-7-5-4-6-17(18)20(26)24-19/h4-11H,3,12-14H2,1-2H3,(H,22,29)(H,23,24,26). The third-order valence-electron chi connectivity index (χ3n) is 4.27. The molecule has 1 heterocycles. The molecule has 0 aliphatic heterocycles. The molecule has 1 aromatic heterocycles. The summed E-state index contributed by atoms with van der Waals surface area (Å²) >= 11 is 5.59. The van der Waals surface area contributed by atoms with Crippen molar-refractivity contribution in [1.29, 1.82) is 0 Å². The Hall–Kier alpha value is -2.97. The van der Waals surface area contributed by atoms with Crippen LogP contribution in [0.4, 0.5) is 5.69 Å². The summed E-state index contributed by atoms with van der Waals surface area (Å²) in [6.45, 7) is 3.96. The lowest BCUT2D eigenvalue weighted by molar-refractivity contribution is 0.174. The summed E-state index contributed by atoms with van der Waals surface area (Å²) in [5, 5.41) is 4.30. The minimum Gasteiger partial charge on any atom is -0.494 e. The van der Waals surface area contributed by atoms with Gasteiger partial charge in [-0.2, -0.15) is 0 Å². The van der Waals surface area contributed by atoms with Crippen LogP contribution in [-0.4, -0.2) is 46.8 Å². The fourth-order valence-corrected chi connectivity index (χ4v) is 3.12. The van der Waals surface area contributed by atoms with Gasteiger partial charge in [-0.1, -0.05) is 12.1 Å². The molecule has 8 heteroatoms. The van der Waals surface area contributed by atoms with Crippen LogP contribution >= 0.6 is 12.2 Å². The molecule has 0 spiro atoms. The number of nitrogens with zero attached hydrogens (tertiary/aromatic N) is 2. The van der Waals surface area contributed by atoms with Crippen LogP contribution in [0.3, 0.4) is 0 Å². The van der Waals surface area contributed by atoms with Gasteiger partial charge in [0.15, 0.2) is 5.11 Å². The molecule has 7 nitrogen and oxygen atoms in total. The van der Waals surface area contributed by atoms with Crippen LogP contribution in [0.5, 0.6) is 5.75 Å². The predicted molar refractivity (Wildman–Crippen MR) is 118 cm³/mol. The highest BCUT2D eigenvalue weighted by atomic mass is 32.1. The SMILES string of the molecule is CCOc1ccc(NC(=S)N(CCOC)Cc2nc3ccccc3c(=O)[nH]2)cc1. The van der Waals surface area contributed by atoms with Gasteiger partial charge in [-0.25, -0.2) is 4.98 Å². The summed E-state index contributed by atoms with van der Waals surface area (Å²) in [5.41, 5.74) is 1.34. The molecule has 2 aromatic carbocycles. The minimum atomic E-state index is -0.164. The van der Waals surface area contributed by atoms with E-state index in [0.717, 1.165) is 11.4 Å². The Kier molecular flexibility index (Phi) is 7.15. The van der Waals surface area contributed by atoms with Gasteiger partial charge < -0.3 is 24.7 Å². The smallest absolute Gasteiger partial charge is 0.258 e. The first-order valence-corrected chi connectivity index (χ1v) is 9.77. The summed E-state index contributed by atoms with van der Waals surface area (Å²) in [5.74, 6) is 1.35. The van der Waals surface area contributed by atoms with Crippen molar-refractivity contribution in [3.8, 4) is 5.75 Å². The van der Waals surface area contributed by atoms with Crippen LogP contribution in [0.2, 0.25) is 0 Å². The lowest BCUT2D eigenvalue weighted by atomic mass is 10.2. The number of anilines is 1. The Morgan fingerprint density at radius 2 is 1.97 bits per heavy atom. The fraction of sp³-hybridized carbons (Fsp3) is 0.286. The number of aromatic amines is 1. The van der Waals surface area contributed by atoms with E-state index in [1.165, 1.54) is 0 Å². The Bertz CT molecular complexity index is 1020. The second kappa shape index (κ2) is 9.99. The normalized spacial score (nSPS) is 10.7. The van der Waals surface area contributed by atoms with Crippen molar-refractivity contribution in [2.45, 2.75) is 13.5 Å². The maximum atomic E-state index is 12.3. The van der Waals surface area contributed by atoms with Crippen molar-refractivity contribution in [3.63, 3.8) is 0 Å². The second-order valence-corrected chi connectivity index (χ2v) is 6.72. The molecule has 0 amide bonds. The number of thiocarbonyl (C=S) groups is 1. The first kappa shape index (κ1) is 20.8. The number of aromatic nitrogens is 2. The Labute approximate surface area is 174 Å². The van der Waals surface area contributed by atoms with Gasteiger partial charge in [-0.05, 0) is 55.5 Å². The lowest BCUT2D eigenvalue weighted by Crippen LogP contribution is -2.37. The van der Waals surface area contributed by atoms with Crippen molar-refractivity contribution < 1.29 is 9.47 Å². The van der Waals surface area contributed by atoms with Crippen LogP contribution < -0.4 is 15.6 Å². The average molecular weight is 413 g/mol. The zero-order valence-electron chi connectivity index (χ0n) is 16.5. The summed E-state index contributed by atoms with van der Waals surface area (Å²) in [7, 11) is 1.64. The van der Waals surface area contributed by atoms with Crippen molar-refractivity contribution in [2.24, 2.45) is 0 Å². The number of benzene rings is 2. The molecule has 0 saturated heterocycles. The molecule has 2 N–H and O–H groups in total. The molecule has 0 fully saturated rings. The number of hydrogen-bond donors (Lipinski definition) is 2. The fourth-order valence-electron chi connectivity index (χ4n) is 2.85. The van der Waals surface area contributed by atoms with Crippen LogP contribution in [0.1, 0.15) is 12.7 Å². The first-order valence-electron chi connectivity index (χ1n) is 9.36. The summed E-state index contributed by atoms with van der Waals surface area (Å²) in [4.78, 5) is 21.7. The van der Waals surface area contributed by atoms with Crippen molar-refractivity contribution in [3.05, 3.63) is 64.7 Å². The molecule has 3 rings (SSSR count). The number of fused-ring (bicyclic) bond motifs is 1. The zero-order valence-corrected chi connectivity index (χ0v) is 17.3. The monoisotopic (exact) mass is 412 g/mol. The largest absolute Gasteiger partial charge is 0.494 e. The van der Waals surface area contributed by atoms with E-state index in [4.69, 9.17) is 21.7 Å². The van der Waals surface area contributed by atoms with E-state index in [9.17, 15) is 4.79 Å². The van der Waals surface area contributed by atoms with Gasteiger partial charge in [0.05, 0.1) is 30.7 Å². The average Bonchev–Trinajstić information content (AvgIpc) is 2.72. The molecule has 152 valence electrons. The number of methoxy groups -OCH3 is 1. The highest BCUT2D eigenvalue weighted by Crippen LogP contribution is 2.16. The van der Waals surface area contributed by atoms with Crippen molar-refractivity contribution >= 4 is 33.9 Å². The van der Waals surface area contributed by atoms with Crippen LogP contribution in [0, 0.1) is 0 Å². The number of H-pyrrole nitrogens is 1. The van der Waals surface area contributed by atoms with Crippen molar-refractivity contribution in [2.75, 3.05) is 32.2 Å². The van der Waals surface area contributed by atoms with Crippen LogP contribution in [0.25, 0.3) is 10.9 Å². The molecule has 0 saturated carbocycles. The van der Waals surface area contributed by atoms with Crippen molar-refractivity contribution in [1.82, 2.24) is 14.9 Å². The summed E-state index contributed by atoms with van der Waals surface area (Å²) in [6, 6.07) is 14.8. The molecule has 0 aliphatic rings. The van der Waals surface area contributed by atoms with E-state index in [1.807, 2.05) is 54.3 Å². The predicted octanol–water partition coefficient (Wildman–Crippen LogP) is 3.17. The summed E-state index contributed by atoms with van der Waals surface area (Å²) < 4.78 is 10.7. The number of rotatable bonds is 8. The molecule has 0 radical (unpaired) electrons. The van der Waals surface area contributed by atoms with E-state index in [1.54, 1.807) is 13.2 Å². The number of para-hydroxylation sites is 1. The lowest BCUT2D eigenvalue weighted by Gasteiger charge is -2.25. The highest BCUT2D eigenvalue weighted by Gasteiger charge is 2.13. The molecule has 29 heavy (non-hydrogen) atoms. The zero-order chi connectivity index (χ0) is 20.6. The maximum absolute atomic E-state index is 12.3. The van der Waals surface area contributed by atoms with Gasteiger partial charge in [0, 0.05) is 19.3 Å². The Morgan fingerprint density at radius 1 is 1.21 bits per heavy atom. The maximum Gasteiger partial charge on any atom is 0.258 e. The topological polar surface area (TPSA) is 79.5 Å². The third kappa shape index (κ3) is 5.52. The minimum absolute atomic E-state index is 0.164. The molecule has 3 aromatic rings. The number of hydrogen-bond acceptors (Lipinski definition) is 5. The molecular weight excluding hydrogens is 388 g/mol. The van der Waals surface area contributed by atoms with Gasteiger partial charge in [0.1, 0.15) is 11.6 Å². The Balaban J connectivity index is 1.76. The van der Waals surface area contributed by atoms with Gasteiger partial charge in [-0.15, -0.1) is 0 Å². The molecule has 0 bridgehead atoms. The first-order chi connectivity index (χ1) is 14.1. The van der Waals surface area contributed by atoms with E-state index in [-0.39, 0.29) is 5.56 Å². The third-order valence-corrected chi connectivity index (χ3v) is 4.63. The van der Waals surface area contributed by atoms with Crippen LogP contribution in [-0.2, 0) is 11.3 Å². The molecule has 0 unspecified atom stereocenters. The van der Waals surface area contributed by atoms with Gasteiger partial charge in [0.2, 0.25) is 0 Å². The van der Waals surface area contributed by atoms with E-state index in [2.05, 4.69) is 15.3 Å². The van der Waals surface area contributed by atoms with Gasteiger partial charge >= 0.3 is 0 Å². The van der Waals surface area contributed by atoms with E-state index < -0.39 is 0 Å². The van der Waals surface area contributed by atoms with E-state index >= 15 is 0 Å². The number of nitrogens with one attached hydrogen (secondary N) is 2. The number of ether oxygens (including phenoxy) is 2. The molecule has 0 aliphatic carbocycles. The summed E-state index contributed by atoms with van der Waals surface area (Å²) in [6.07, 6.45) is 0. The van der Waals surface area contributed by atoms with Gasteiger partial charge in [0.25, 0.3) is 5.56 Å².